The van der Waals surface area contributed by atoms with Crippen LogP contribution < -0.4 is 5.32 Å². The molecule has 0 radical (unpaired) electrons. The van der Waals surface area contributed by atoms with Crippen LogP contribution in [-0.4, -0.2) is 34.5 Å². The molecule has 0 amide bonds. The van der Waals surface area contributed by atoms with Gasteiger partial charge in [0.25, 0.3) is 0 Å². The van der Waals surface area contributed by atoms with Crippen LogP contribution in [0.4, 0.5) is 14.7 Å². The number of halogens is 2. The summed E-state index contributed by atoms with van der Waals surface area (Å²) in [5, 5.41) is 3.27. The number of rotatable bonds is 3. The number of likely N-dealkylation sites (tertiary alicyclic amines) is 1. The van der Waals surface area contributed by atoms with E-state index in [4.69, 9.17) is 0 Å². The van der Waals surface area contributed by atoms with Gasteiger partial charge in [-0.15, -0.1) is 0 Å². The second kappa shape index (κ2) is 5.73. The third-order valence-corrected chi connectivity index (χ3v) is 3.81. The van der Waals surface area contributed by atoms with Crippen LogP contribution in [0.3, 0.4) is 0 Å². The molecule has 6 heteroatoms. The monoisotopic (exact) mass is 290 g/mol. The van der Waals surface area contributed by atoms with Gasteiger partial charge in [-0.3, -0.25) is 4.90 Å². The Morgan fingerprint density at radius 3 is 2.67 bits per heavy atom. The number of nitrogens with one attached hydrogen (secondary N) is 1. The van der Waals surface area contributed by atoms with E-state index in [0.29, 0.717) is 5.95 Å². The molecular formula is C15H16F2N4. The van der Waals surface area contributed by atoms with Crippen molar-refractivity contribution in [2.45, 2.75) is 18.5 Å². The minimum atomic E-state index is -0.824. The Hall–Kier alpha value is -2.08. The predicted molar refractivity (Wildman–Crippen MR) is 75.8 cm³/mol. The van der Waals surface area contributed by atoms with Gasteiger partial charge in [0.05, 0.1) is 6.04 Å². The van der Waals surface area contributed by atoms with Crippen LogP contribution in [0.2, 0.25) is 0 Å². The fraction of sp³-hybridized carbons (Fsp3) is 0.333. The second-order valence-electron chi connectivity index (χ2n) is 5.21. The lowest BCUT2D eigenvalue weighted by Gasteiger charge is -2.26. The molecule has 1 aromatic heterocycles. The highest BCUT2D eigenvalue weighted by Crippen LogP contribution is 2.33. The molecule has 2 heterocycles. The lowest BCUT2D eigenvalue weighted by molar-refractivity contribution is 0.307. The Morgan fingerprint density at radius 1 is 1.19 bits per heavy atom. The zero-order chi connectivity index (χ0) is 14.8. The second-order valence-corrected chi connectivity index (χ2v) is 5.21. The summed E-state index contributed by atoms with van der Waals surface area (Å²) in [5.74, 6) is -1.09. The number of nitrogens with zero attached hydrogens (tertiary/aromatic N) is 3. The highest BCUT2D eigenvalue weighted by atomic mass is 19.2. The van der Waals surface area contributed by atoms with Crippen molar-refractivity contribution in [2.24, 2.45) is 0 Å². The molecule has 3 rings (SSSR count). The Labute approximate surface area is 121 Å². The first-order valence-corrected chi connectivity index (χ1v) is 6.84. The molecule has 1 aliphatic rings. The maximum Gasteiger partial charge on any atom is 0.222 e. The van der Waals surface area contributed by atoms with Gasteiger partial charge in [-0.1, -0.05) is 6.07 Å². The van der Waals surface area contributed by atoms with Gasteiger partial charge in [0.15, 0.2) is 11.6 Å². The number of hydrogen-bond acceptors (Lipinski definition) is 4. The summed E-state index contributed by atoms with van der Waals surface area (Å²) in [6.45, 7) is 0.869. The van der Waals surface area contributed by atoms with Crippen molar-refractivity contribution in [2.75, 3.05) is 18.9 Å². The van der Waals surface area contributed by atoms with E-state index in [-0.39, 0.29) is 12.1 Å². The van der Waals surface area contributed by atoms with Crippen LogP contribution in [0.1, 0.15) is 18.0 Å². The zero-order valence-corrected chi connectivity index (χ0v) is 11.6. The number of hydrogen-bond donors (Lipinski definition) is 1. The molecule has 1 aliphatic heterocycles. The van der Waals surface area contributed by atoms with Gasteiger partial charge in [0, 0.05) is 25.0 Å². The quantitative estimate of drug-likeness (QED) is 0.943. The molecular weight excluding hydrogens is 274 g/mol. The maximum atomic E-state index is 13.5. The van der Waals surface area contributed by atoms with Crippen molar-refractivity contribution >= 4 is 5.95 Å². The Morgan fingerprint density at radius 2 is 1.95 bits per heavy atom. The molecule has 2 aromatic rings. The topological polar surface area (TPSA) is 41.0 Å². The van der Waals surface area contributed by atoms with E-state index in [2.05, 4.69) is 20.2 Å². The maximum absolute atomic E-state index is 13.5. The summed E-state index contributed by atoms with van der Waals surface area (Å²) in [7, 11) is 1.97. The Bertz CT molecular complexity index is 620. The Balaban J connectivity index is 1.85. The fourth-order valence-corrected chi connectivity index (χ4v) is 2.82. The van der Waals surface area contributed by atoms with Crippen LogP contribution in [0.25, 0.3) is 0 Å². The minimum Gasteiger partial charge on any atom is -0.350 e. The molecule has 21 heavy (non-hydrogen) atoms. The van der Waals surface area contributed by atoms with Crippen molar-refractivity contribution in [1.82, 2.24) is 14.9 Å². The molecule has 1 saturated heterocycles. The Kier molecular flexibility index (Phi) is 3.79. The highest BCUT2D eigenvalue weighted by molar-refractivity contribution is 5.31. The van der Waals surface area contributed by atoms with Crippen molar-refractivity contribution in [3.05, 3.63) is 53.9 Å². The van der Waals surface area contributed by atoms with Crippen molar-refractivity contribution in [1.29, 1.82) is 0 Å². The SMILES string of the molecule is CN1CCC(Nc2ncccn2)C1c1ccc(F)c(F)c1. The third-order valence-electron chi connectivity index (χ3n) is 3.81. The lowest BCUT2D eigenvalue weighted by atomic mass is 10.00. The third kappa shape index (κ3) is 2.85. The van der Waals surface area contributed by atoms with E-state index in [0.717, 1.165) is 18.5 Å². The predicted octanol–water partition coefficient (Wildman–Crippen LogP) is 2.61. The average Bonchev–Trinajstić information content (AvgIpc) is 2.84. The van der Waals surface area contributed by atoms with Gasteiger partial charge in [0.2, 0.25) is 5.95 Å². The van der Waals surface area contributed by atoms with Gasteiger partial charge < -0.3 is 5.32 Å². The van der Waals surface area contributed by atoms with Gasteiger partial charge >= 0.3 is 0 Å². The summed E-state index contributed by atoms with van der Waals surface area (Å²) in [4.78, 5) is 10.4. The van der Waals surface area contributed by atoms with E-state index in [1.54, 1.807) is 24.5 Å². The summed E-state index contributed by atoms with van der Waals surface area (Å²) < 4.78 is 26.6. The number of aromatic nitrogens is 2. The highest BCUT2D eigenvalue weighted by Gasteiger charge is 2.33. The molecule has 110 valence electrons. The molecule has 0 aliphatic carbocycles. The zero-order valence-electron chi connectivity index (χ0n) is 11.6. The van der Waals surface area contributed by atoms with E-state index >= 15 is 0 Å². The molecule has 1 N–H and O–H groups in total. The van der Waals surface area contributed by atoms with E-state index < -0.39 is 11.6 Å². The van der Waals surface area contributed by atoms with Gasteiger partial charge in [0.1, 0.15) is 0 Å². The number of likely N-dealkylation sites (N-methyl/N-ethyl adjacent to an activating group) is 1. The summed E-state index contributed by atoms with van der Waals surface area (Å²) in [6.07, 6.45) is 4.22. The van der Waals surface area contributed by atoms with Crippen LogP contribution >= 0.6 is 0 Å². The van der Waals surface area contributed by atoms with Gasteiger partial charge in [-0.25, -0.2) is 18.7 Å². The first kappa shape index (κ1) is 13.9. The smallest absolute Gasteiger partial charge is 0.222 e. The molecule has 1 aromatic carbocycles. The normalized spacial score (nSPS) is 22.4. The summed E-state index contributed by atoms with van der Waals surface area (Å²) >= 11 is 0. The van der Waals surface area contributed by atoms with E-state index in [1.165, 1.54) is 12.1 Å². The molecule has 0 bridgehead atoms. The fourth-order valence-electron chi connectivity index (χ4n) is 2.82. The number of anilines is 1. The molecule has 0 saturated carbocycles. The lowest BCUT2D eigenvalue weighted by Crippen LogP contribution is -2.29. The largest absolute Gasteiger partial charge is 0.350 e. The summed E-state index contributed by atoms with van der Waals surface area (Å²) in [6, 6.07) is 5.84. The minimum absolute atomic E-state index is 0.0380. The first-order valence-electron chi connectivity index (χ1n) is 6.84. The van der Waals surface area contributed by atoms with Crippen LogP contribution in [-0.2, 0) is 0 Å². The van der Waals surface area contributed by atoms with Gasteiger partial charge in [-0.05, 0) is 37.2 Å². The average molecular weight is 290 g/mol. The van der Waals surface area contributed by atoms with Gasteiger partial charge in [-0.2, -0.15) is 0 Å². The first-order chi connectivity index (χ1) is 10.1. The van der Waals surface area contributed by atoms with E-state index in [1.807, 2.05) is 7.05 Å². The van der Waals surface area contributed by atoms with Crippen LogP contribution in [0, 0.1) is 11.6 Å². The van der Waals surface area contributed by atoms with E-state index in [9.17, 15) is 8.78 Å². The summed E-state index contributed by atoms with van der Waals surface area (Å²) in [5.41, 5.74) is 0.752. The van der Waals surface area contributed by atoms with Crippen LogP contribution in [0.15, 0.2) is 36.7 Å². The van der Waals surface area contributed by atoms with Crippen LogP contribution in [0.5, 0.6) is 0 Å². The van der Waals surface area contributed by atoms with Crippen molar-refractivity contribution < 1.29 is 8.78 Å². The molecule has 2 atom stereocenters. The molecule has 0 spiro atoms. The number of benzene rings is 1. The van der Waals surface area contributed by atoms with Crippen molar-refractivity contribution in [3.63, 3.8) is 0 Å². The van der Waals surface area contributed by atoms with Crippen molar-refractivity contribution in [3.8, 4) is 0 Å². The molecule has 1 fully saturated rings. The molecule has 4 nitrogen and oxygen atoms in total. The standard InChI is InChI=1S/C15H16F2N4/c1-21-8-5-13(20-15-18-6-2-7-19-15)14(21)10-3-4-11(16)12(17)9-10/h2-4,6-7,9,13-14H,5,8H2,1H3,(H,18,19,20). The molecule has 2 unspecified atom stereocenters.